The molecule has 0 saturated heterocycles. The van der Waals surface area contributed by atoms with Crippen molar-refractivity contribution < 1.29 is 0 Å². The molecule has 0 fully saturated rings. The van der Waals surface area contributed by atoms with Crippen molar-refractivity contribution in [2.45, 2.75) is 0 Å². The van der Waals surface area contributed by atoms with Crippen LogP contribution in [0.15, 0.2) is 24.4 Å². The van der Waals surface area contributed by atoms with Crippen molar-refractivity contribution in [3.63, 3.8) is 0 Å². The Morgan fingerprint density at radius 3 is 2.46 bits per heavy atom. The lowest BCUT2D eigenvalue weighted by Crippen LogP contribution is -1.83. The van der Waals surface area contributed by atoms with E-state index in [4.69, 9.17) is 23.2 Å². The molecule has 0 bridgehead atoms. The van der Waals surface area contributed by atoms with Crippen LogP contribution in [-0.2, 0) is 0 Å². The van der Waals surface area contributed by atoms with Gasteiger partial charge in [-0.3, -0.25) is 0 Å². The second kappa shape index (κ2) is 3.40. The lowest BCUT2D eigenvalue weighted by Gasteiger charge is -2.02. The number of aromatic amines is 1. The molecule has 1 heterocycles. The van der Waals surface area contributed by atoms with Gasteiger partial charge in [0, 0.05) is 6.20 Å². The van der Waals surface area contributed by atoms with Crippen molar-refractivity contribution >= 4 is 23.2 Å². The van der Waals surface area contributed by atoms with Crippen LogP contribution >= 0.6 is 23.2 Å². The van der Waals surface area contributed by atoms with Crippen molar-refractivity contribution in [1.29, 1.82) is 0 Å². The summed E-state index contributed by atoms with van der Waals surface area (Å²) in [4.78, 5) is 6.86. The van der Waals surface area contributed by atoms with Gasteiger partial charge in [-0.2, -0.15) is 0 Å². The van der Waals surface area contributed by atoms with Gasteiger partial charge < -0.3 is 4.98 Å². The zero-order chi connectivity index (χ0) is 9.26. The molecule has 2 rings (SSSR count). The summed E-state index contributed by atoms with van der Waals surface area (Å²) in [6, 6.07) is 5.33. The molecular weight excluding hydrogens is 207 g/mol. The lowest BCUT2D eigenvalue weighted by molar-refractivity contribution is 1.31. The number of halogens is 2. The summed E-state index contributed by atoms with van der Waals surface area (Å²) >= 11 is 11.9. The lowest BCUT2D eigenvalue weighted by atomic mass is 10.2. The van der Waals surface area contributed by atoms with Crippen molar-refractivity contribution in [3.8, 4) is 11.4 Å². The summed E-state index contributed by atoms with van der Waals surface area (Å²) in [5, 5.41) is 1.16. The van der Waals surface area contributed by atoms with E-state index < -0.39 is 0 Å². The minimum atomic E-state index is 0.579. The van der Waals surface area contributed by atoms with E-state index in [2.05, 4.69) is 16.2 Å². The molecule has 1 aromatic heterocycles. The van der Waals surface area contributed by atoms with Crippen molar-refractivity contribution in [1.82, 2.24) is 9.97 Å². The molecule has 0 aliphatic carbocycles. The number of hydrogen-bond acceptors (Lipinski definition) is 1. The van der Waals surface area contributed by atoms with Crippen LogP contribution < -0.4 is 0 Å². The number of nitrogens with zero attached hydrogens (tertiary/aromatic N) is 1. The third-order valence-electron chi connectivity index (χ3n) is 1.65. The van der Waals surface area contributed by atoms with E-state index in [1.807, 2.05) is 0 Å². The van der Waals surface area contributed by atoms with Gasteiger partial charge in [-0.05, 0) is 12.1 Å². The molecule has 0 aliphatic rings. The van der Waals surface area contributed by atoms with E-state index in [0.29, 0.717) is 21.4 Å². The zero-order valence-corrected chi connectivity index (χ0v) is 8.02. The maximum atomic E-state index is 5.96. The Balaban J connectivity index is 2.64. The van der Waals surface area contributed by atoms with E-state index >= 15 is 0 Å². The number of nitrogens with one attached hydrogen (secondary N) is 1. The van der Waals surface area contributed by atoms with Crippen LogP contribution in [0.2, 0.25) is 10.0 Å². The standard InChI is InChI=1S/C9H5Cl2N2/c10-6-2-1-3-7(11)8(6)9-12-4-5-13-9/h1-4H,(H,12,13). The molecule has 0 aliphatic heterocycles. The highest BCUT2D eigenvalue weighted by Crippen LogP contribution is 2.31. The van der Waals surface area contributed by atoms with Crippen LogP contribution in [-0.4, -0.2) is 9.97 Å². The van der Waals surface area contributed by atoms with Crippen molar-refractivity contribution in [2.75, 3.05) is 0 Å². The first kappa shape index (κ1) is 8.60. The Morgan fingerprint density at radius 1 is 1.23 bits per heavy atom. The highest BCUT2D eigenvalue weighted by Gasteiger charge is 2.09. The van der Waals surface area contributed by atoms with Crippen LogP contribution in [0.3, 0.4) is 0 Å². The third-order valence-corrected chi connectivity index (χ3v) is 2.28. The minimum absolute atomic E-state index is 0.579. The molecular formula is C9H5Cl2N2. The quantitative estimate of drug-likeness (QED) is 0.772. The second-order valence-electron chi connectivity index (χ2n) is 2.47. The number of aromatic nitrogens is 2. The van der Waals surface area contributed by atoms with Crippen LogP contribution in [0.4, 0.5) is 0 Å². The molecule has 0 amide bonds. The van der Waals surface area contributed by atoms with E-state index in [1.54, 1.807) is 24.4 Å². The molecule has 0 saturated carbocycles. The van der Waals surface area contributed by atoms with Gasteiger partial charge in [-0.1, -0.05) is 29.3 Å². The highest BCUT2D eigenvalue weighted by atomic mass is 35.5. The molecule has 1 radical (unpaired) electrons. The first-order valence-corrected chi connectivity index (χ1v) is 4.40. The van der Waals surface area contributed by atoms with E-state index in [-0.39, 0.29) is 0 Å². The smallest absolute Gasteiger partial charge is 0.141 e. The Hall–Kier alpha value is -0.990. The molecule has 2 nitrogen and oxygen atoms in total. The van der Waals surface area contributed by atoms with E-state index in [1.165, 1.54) is 0 Å². The average molecular weight is 212 g/mol. The van der Waals surface area contributed by atoms with Crippen LogP contribution in [0.25, 0.3) is 11.4 Å². The first-order valence-electron chi connectivity index (χ1n) is 3.65. The second-order valence-corrected chi connectivity index (χ2v) is 3.29. The fraction of sp³-hybridized carbons (Fsp3) is 0. The summed E-state index contributed by atoms with van der Waals surface area (Å²) < 4.78 is 0. The van der Waals surface area contributed by atoms with Crippen LogP contribution in [0.5, 0.6) is 0 Å². The van der Waals surface area contributed by atoms with Gasteiger partial charge >= 0.3 is 0 Å². The molecule has 0 unspecified atom stereocenters. The predicted octanol–water partition coefficient (Wildman–Crippen LogP) is 3.18. The third kappa shape index (κ3) is 1.55. The zero-order valence-electron chi connectivity index (χ0n) is 6.51. The topological polar surface area (TPSA) is 28.7 Å². The molecule has 65 valence electrons. The van der Waals surface area contributed by atoms with Gasteiger partial charge in [0.15, 0.2) is 0 Å². The summed E-state index contributed by atoms with van der Waals surface area (Å²) in [6.07, 6.45) is 4.27. The maximum absolute atomic E-state index is 5.96. The summed E-state index contributed by atoms with van der Waals surface area (Å²) in [7, 11) is 0. The summed E-state index contributed by atoms with van der Waals surface area (Å²) in [6.45, 7) is 0. The molecule has 1 aromatic carbocycles. The maximum Gasteiger partial charge on any atom is 0.141 e. The van der Waals surface area contributed by atoms with E-state index in [9.17, 15) is 0 Å². The van der Waals surface area contributed by atoms with Crippen molar-refractivity contribution in [2.24, 2.45) is 0 Å². The van der Waals surface area contributed by atoms with Gasteiger partial charge in [0.1, 0.15) is 12.0 Å². The summed E-state index contributed by atoms with van der Waals surface area (Å²) in [5.74, 6) is 0.635. The Labute approximate surface area is 85.5 Å². The molecule has 0 atom stereocenters. The molecule has 4 heteroatoms. The Kier molecular flexibility index (Phi) is 2.25. The number of H-pyrrole nitrogens is 1. The van der Waals surface area contributed by atoms with Crippen molar-refractivity contribution in [3.05, 3.63) is 40.6 Å². The van der Waals surface area contributed by atoms with Gasteiger partial charge in [0.2, 0.25) is 0 Å². The fourth-order valence-corrected chi connectivity index (χ4v) is 1.66. The van der Waals surface area contributed by atoms with Crippen LogP contribution in [0, 0.1) is 6.20 Å². The molecule has 13 heavy (non-hydrogen) atoms. The number of benzene rings is 1. The van der Waals surface area contributed by atoms with Gasteiger partial charge in [-0.25, -0.2) is 4.98 Å². The largest absolute Gasteiger partial charge is 0.344 e. The average Bonchev–Trinajstić information content (AvgIpc) is 2.57. The Morgan fingerprint density at radius 2 is 1.92 bits per heavy atom. The number of hydrogen-bond donors (Lipinski definition) is 1. The first-order chi connectivity index (χ1) is 6.29. The molecule has 2 aromatic rings. The van der Waals surface area contributed by atoms with Crippen LogP contribution in [0.1, 0.15) is 0 Å². The number of imidazole rings is 1. The van der Waals surface area contributed by atoms with Gasteiger partial charge in [-0.15, -0.1) is 0 Å². The minimum Gasteiger partial charge on any atom is -0.344 e. The normalized spacial score (nSPS) is 10.3. The SMILES string of the molecule is Clc1cccc(Cl)c1-c1n[c]c[nH]1. The molecule has 1 N–H and O–H groups in total. The monoisotopic (exact) mass is 211 g/mol. The summed E-state index contributed by atoms with van der Waals surface area (Å²) in [5.41, 5.74) is 0.715. The fourth-order valence-electron chi connectivity index (χ4n) is 1.08. The van der Waals surface area contributed by atoms with Gasteiger partial charge in [0.05, 0.1) is 15.6 Å². The van der Waals surface area contributed by atoms with Gasteiger partial charge in [0.25, 0.3) is 0 Å². The Bertz CT molecular complexity index is 389. The molecule has 0 spiro atoms. The highest BCUT2D eigenvalue weighted by molar-refractivity contribution is 6.38. The predicted molar refractivity (Wildman–Crippen MR) is 52.9 cm³/mol. The number of rotatable bonds is 1. The van der Waals surface area contributed by atoms with E-state index in [0.717, 1.165) is 0 Å².